The number of likely N-dealkylation sites (N-methyl/N-ethyl adjacent to an activating group) is 1. The molecule has 1 N–H and O–H groups in total. The number of nitrogens with one attached hydrogen (secondary N) is 1. The van der Waals surface area contributed by atoms with Crippen molar-refractivity contribution >= 4 is 0 Å². The number of methoxy groups -OCH3 is 1. The number of aromatic nitrogens is 2. The molecule has 0 saturated heterocycles. The van der Waals surface area contributed by atoms with E-state index in [0.717, 1.165) is 18.8 Å². The lowest BCUT2D eigenvalue weighted by Crippen LogP contribution is -2.53. The molecule has 4 heteroatoms. The minimum absolute atomic E-state index is 0.0137. The fraction of sp³-hybridized carbons (Fsp3) is 0.812. The van der Waals surface area contributed by atoms with Gasteiger partial charge in [-0.1, -0.05) is 6.92 Å². The molecule has 1 heterocycles. The molecule has 1 aromatic rings. The van der Waals surface area contributed by atoms with Gasteiger partial charge in [-0.2, -0.15) is 5.10 Å². The molecule has 114 valence electrons. The van der Waals surface area contributed by atoms with Crippen LogP contribution in [0.1, 0.15) is 44.7 Å². The summed E-state index contributed by atoms with van der Waals surface area (Å²) in [7, 11) is 5.95. The van der Waals surface area contributed by atoms with Crippen LogP contribution in [0.15, 0.2) is 12.3 Å². The molecule has 0 aromatic carbocycles. The second-order valence-electron chi connectivity index (χ2n) is 6.28. The molecular weight excluding hydrogens is 250 g/mol. The predicted molar refractivity (Wildman–Crippen MR) is 81.7 cm³/mol. The normalized spacial score (nSPS) is 28.5. The highest BCUT2D eigenvalue weighted by Crippen LogP contribution is 2.38. The molecule has 20 heavy (non-hydrogen) atoms. The standard InChI is InChI=1S/C16H29N3O/c1-13-7-10-16(20-4,11-8-13)15(17-2)6-5-14-9-12-18-19(14)3/h9,12-13,15,17H,5-8,10-11H2,1-4H3. The van der Waals surface area contributed by atoms with Crippen molar-refractivity contribution in [1.82, 2.24) is 15.1 Å². The highest BCUT2D eigenvalue weighted by molar-refractivity contribution is 5.03. The van der Waals surface area contributed by atoms with Crippen molar-refractivity contribution in [3.8, 4) is 0 Å². The molecule has 1 aromatic heterocycles. The Bertz CT molecular complexity index is 408. The van der Waals surface area contributed by atoms with E-state index in [1.54, 1.807) is 0 Å². The molecule has 1 aliphatic carbocycles. The van der Waals surface area contributed by atoms with Crippen LogP contribution < -0.4 is 5.32 Å². The molecular formula is C16H29N3O. The van der Waals surface area contributed by atoms with Crippen molar-refractivity contribution in [2.24, 2.45) is 13.0 Å². The number of aryl methyl sites for hydroxylation is 2. The molecule has 1 atom stereocenters. The smallest absolute Gasteiger partial charge is 0.0831 e. The van der Waals surface area contributed by atoms with E-state index in [0.29, 0.717) is 6.04 Å². The lowest BCUT2D eigenvalue weighted by Gasteiger charge is -2.44. The summed E-state index contributed by atoms with van der Waals surface area (Å²) in [5.74, 6) is 0.841. The Kier molecular flexibility index (Phi) is 5.22. The molecule has 4 nitrogen and oxygen atoms in total. The van der Waals surface area contributed by atoms with Crippen LogP contribution in [0.5, 0.6) is 0 Å². The van der Waals surface area contributed by atoms with Crippen LogP contribution in [0.2, 0.25) is 0 Å². The third-order valence-electron chi connectivity index (χ3n) is 5.12. The summed E-state index contributed by atoms with van der Waals surface area (Å²) in [6, 6.07) is 2.52. The molecule has 1 saturated carbocycles. The van der Waals surface area contributed by atoms with Gasteiger partial charge in [0.05, 0.1) is 5.60 Å². The maximum absolute atomic E-state index is 6.00. The van der Waals surface area contributed by atoms with E-state index < -0.39 is 0 Å². The van der Waals surface area contributed by atoms with E-state index >= 15 is 0 Å². The lowest BCUT2D eigenvalue weighted by molar-refractivity contribution is -0.0749. The molecule has 2 rings (SSSR count). The zero-order chi connectivity index (χ0) is 14.6. The van der Waals surface area contributed by atoms with Crippen molar-refractivity contribution in [3.05, 3.63) is 18.0 Å². The van der Waals surface area contributed by atoms with Gasteiger partial charge in [-0.25, -0.2) is 0 Å². The largest absolute Gasteiger partial charge is 0.377 e. The molecule has 0 bridgehead atoms. The maximum Gasteiger partial charge on any atom is 0.0831 e. The molecule has 0 radical (unpaired) electrons. The second-order valence-corrected chi connectivity index (χ2v) is 6.28. The third-order valence-corrected chi connectivity index (χ3v) is 5.12. The average Bonchev–Trinajstić information content (AvgIpc) is 2.87. The first-order chi connectivity index (χ1) is 9.61. The molecule has 0 aliphatic heterocycles. The zero-order valence-electron chi connectivity index (χ0n) is 13.4. The summed E-state index contributed by atoms with van der Waals surface area (Å²) >= 11 is 0. The Balaban J connectivity index is 2.00. The number of hydrogen-bond acceptors (Lipinski definition) is 3. The van der Waals surface area contributed by atoms with Gasteiger partial charge in [0.1, 0.15) is 0 Å². The minimum atomic E-state index is 0.0137. The van der Waals surface area contributed by atoms with Gasteiger partial charge < -0.3 is 10.1 Å². The van der Waals surface area contributed by atoms with Crippen molar-refractivity contribution in [2.75, 3.05) is 14.2 Å². The van der Waals surface area contributed by atoms with Gasteiger partial charge in [0.25, 0.3) is 0 Å². The Morgan fingerprint density at radius 1 is 1.50 bits per heavy atom. The highest BCUT2D eigenvalue weighted by Gasteiger charge is 2.40. The number of nitrogens with zero attached hydrogens (tertiary/aromatic N) is 2. The molecule has 1 aliphatic rings. The molecule has 0 amide bonds. The lowest BCUT2D eigenvalue weighted by atomic mass is 9.74. The number of ether oxygens (including phenoxy) is 1. The van der Waals surface area contributed by atoms with Crippen molar-refractivity contribution < 1.29 is 4.74 Å². The highest BCUT2D eigenvalue weighted by atomic mass is 16.5. The van der Waals surface area contributed by atoms with Gasteiger partial charge in [-0.3, -0.25) is 4.68 Å². The first kappa shape index (κ1) is 15.5. The average molecular weight is 279 g/mol. The van der Waals surface area contributed by atoms with Crippen molar-refractivity contribution in [1.29, 1.82) is 0 Å². The van der Waals surface area contributed by atoms with E-state index in [4.69, 9.17) is 4.74 Å². The third kappa shape index (κ3) is 3.23. The van der Waals surface area contributed by atoms with Crippen LogP contribution in [-0.4, -0.2) is 35.6 Å². The van der Waals surface area contributed by atoms with E-state index in [1.807, 2.05) is 25.0 Å². The molecule has 1 unspecified atom stereocenters. The van der Waals surface area contributed by atoms with Gasteiger partial charge in [-0.05, 0) is 57.6 Å². The Labute approximate surface area is 122 Å². The summed E-state index contributed by atoms with van der Waals surface area (Å²) in [6.45, 7) is 2.35. The summed E-state index contributed by atoms with van der Waals surface area (Å²) < 4.78 is 7.96. The first-order valence-electron chi connectivity index (χ1n) is 7.80. The van der Waals surface area contributed by atoms with Crippen molar-refractivity contribution in [2.45, 2.75) is 57.1 Å². The topological polar surface area (TPSA) is 39.1 Å². The quantitative estimate of drug-likeness (QED) is 0.870. The van der Waals surface area contributed by atoms with Crippen LogP contribution in [-0.2, 0) is 18.2 Å². The van der Waals surface area contributed by atoms with Crippen LogP contribution in [0.3, 0.4) is 0 Å². The fourth-order valence-corrected chi connectivity index (χ4v) is 3.55. The Morgan fingerprint density at radius 2 is 2.20 bits per heavy atom. The van der Waals surface area contributed by atoms with Crippen LogP contribution in [0, 0.1) is 5.92 Å². The molecule has 1 fully saturated rings. The van der Waals surface area contributed by atoms with Crippen LogP contribution >= 0.6 is 0 Å². The van der Waals surface area contributed by atoms with Gasteiger partial charge in [-0.15, -0.1) is 0 Å². The summed E-state index contributed by atoms with van der Waals surface area (Å²) in [5.41, 5.74) is 1.31. The van der Waals surface area contributed by atoms with E-state index in [-0.39, 0.29) is 5.60 Å². The van der Waals surface area contributed by atoms with Gasteiger partial charge in [0, 0.05) is 32.1 Å². The summed E-state index contributed by atoms with van der Waals surface area (Å²) in [4.78, 5) is 0. The van der Waals surface area contributed by atoms with Crippen LogP contribution in [0.4, 0.5) is 0 Å². The number of hydrogen-bond donors (Lipinski definition) is 1. The second kappa shape index (κ2) is 6.72. The fourth-order valence-electron chi connectivity index (χ4n) is 3.55. The predicted octanol–water partition coefficient (Wildman–Crippen LogP) is 2.54. The van der Waals surface area contributed by atoms with Gasteiger partial charge in [0.2, 0.25) is 0 Å². The molecule has 0 spiro atoms. The van der Waals surface area contributed by atoms with Gasteiger partial charge in [0.15, 0.2) is 0 Å². The van der Waals surface area contributed by atoms with Gasteiger partial charge >= 0.3 is 0 Å². The Hall–Kier alpha value is -0.870. The van der Waals surface area contributed by atoms with Crippen molar-refractivity contribution in [3.63, 3.8) is 0 Å². The summed E-state index contributed by atoms with van der Waals surface area (Å²) in [6.07, 6.45) is 8.90. The monoisotopic (exact) mass is 279 g/mol. The first-order valence-corrected chi connectivity index (χ1v) is 7.80. The SMILES string of the molecule is CNC(CCc1ccnn1C)C1(OC)CCC(C)CC1. The Morgan fingerprint density at radius 3 is 2.70 bits per heavy atom. The van der Waals surface area contributed by atoms with E-state index in [1.165, 1.54) is 31.4 Å². The van der Waals surface area contributed by atoms with Crippen LogP contribution in [0.25, 0.3) is 0 Å². The maximum atomic E-state index is 6.00. The minimum Gasteiger partial charge on any atom is -0.377 e. The zero-order valence-corrected chi connectivity index (χ0v) is 13.4. The van der Waals surface area contributed by atoms with E-state index in [2.05, 4.69) is 30.5 Å². The number of rotatable bonds is 6. The van der Waals surface area contributed by atoms with E-state index in [9.17, 15) is 0 Å². The summed E-state index contributed by atoms with van der Waals surface area (Å²) in [5, 5.41) is 7.75.